The molecule has 0 N–H and O–H groups in total. The molecule has 0 bridgehead atoms. The first-order valence-corrected chi connectivity index (χ1v) is 11.2. The summed E-state index contributed by atoms with van der Waals surface area (Å²) in [7, 11) is 0. The van der Waals surface area contributed by atoms with Crippen LogP contribution in [0, 0.1) is 5.21 Å². The van der Waals surface area contributed by atoms with Crippen LogP contribution in [0.5, 0.6) is 0 Å². The van der Waals surface area contributed by atoms with Crippen molar-refractivity contribution in [2.75, 3.05) is 36.0 Å². The molecule has 2 aliphatic rings. The number of allylic oxidation sites excluding steroid dienone is 4. The lowest BCUT2D eigenvalue weighted by atomic mass is 9.97. The van der Waals surface area contributed by atoms with Gasteiger partial charge in [0.2, 0.25) is 16.9 Å². The van der Waals surface area contributed by atoms with E-state index in [1.54, 1.807) is 6.20 Å². The van der Waals surface area contributed by atoms with Crippen molar-refractivity contribution in [2.24, 2.45) is 0 Å². The van der Waals surface area contributed by atoms with Crippen LogP contribution in [-0.4, -0.2) is 35.6 Å². The highest BCUT2D eigenvalue weighted by atomic mass is 16.5. The smallest absolute Gasteiger partial charge is 0.243 e. The SMILES string of the molecule is [O-][n+]1c(C2C=CC=CC2)c2nccn2c2cc(N3CCN(c4ccccc4)CC3)ccc21. The Bertz CT molecular complexity index is 1330. The first-order valence-electron chi connectivity index (χ1n) is 11.2. The molecule has 1 atom stereocenters. The fourth-order valence-electron chi connectivity index (χ4n) is 4.94. The third-order valence-electron chi connectivity index (χ3n) is 6.62. The summed E-state index contributed by atoms with van der Waals surface area (Å²) in [4.78, 5) is 9.38. The first-order chi connectivity index (χ1) is 15.8. The molecule has 0 spiro atoms. The van der Waals surface area contributed by atoms with Crippen molar-refractivity contribution >= 4 is 28.1 Å². The molecule has 2 aromatic heterocycles. The average Bonchev–Trinajstić information content (AvgIpc) is 3.35. The van der Waals surface area contributed by atoms with Crippen molar-refractivity contribution in [3.8, 4) is 0 Å². The highest BCUT2D eigenvalue weighted by Gasteiger charge is 2.27. The van der Waals surface area contributed by atoms with E-state index in [4.69, 9.17) is 0 Å². The van der Waals surface area contributed by atoms with Gasteiger partial charge in [0, 0.05) is 56.0 Å². The first kappa shape index (κ1) is 18.9. The molecule has 0 saturated carbocycles. The lowest BCUT2D eigenvalue weighted by Gasteiger charge is -2.37. The van der Waals surface area contributed by atoms with Gasteiger partial charge in [-0.2, -0.15) is 4.73 Å². The van der Waals surface area contributed by atoms with Crippen molar-refractivity contribution < 1.29 is 4.73 Å². The van der Waals surface area contributed by atoms with Gasteiger partial charge in [-0.05, 0) is 30.7 Å². The molecule has 6 rings (SSSR count). The summed E-state index contributed by atoms with van der Waals surface area (Å²) in [5, 5.41) is 13.4. The van der Waals surface area contributed by atoms with Gasteiger partial charge in [0.05, 0.1) is 5.92 Å². The van der Waals surface area contributed by atoms with Crippen LogP contribution in [-0.2, 0) is 0 Å². The van der Waals surface area contributed by atoms with E-state index in [0.29, 0.717) is 11.2 Å². The number of fused-ring (bicyclic) bond motifs is 3. The molecule has 160 valence electrons. The molecule has 0 amide bonds. The van der Waals surface area contributed by atoms with Crippen LogP contribution in [0.3, 0.4) is 0 Å². The number of imidazole rings is 1. The quantitative estimate of drug-likeness (QED) is 0.369. The molecular weight excluding hydrogens is 398 g/mol. The molecule has 6 nitrogen and oxygen atoms in total. The van der Waals surface area contributed by atoms with Crippen LogP contribution in [0.1, 0.15) is 18.0 Å². The Kier molecular flexibility index (Phi) is 4.56. The monoisotopic (exact) mass is 423 g/mol. The van der Waals surface area contributed by atoms with E-state index < -0.39 is 0 Å². The number of piperazine rings is 1. The summed E-state index contributed by atoms with van der Waals surface area (Å²) in [6.45, 7) is 3.85. The van der Waals surface area contributed by atoms with Crippen molar-refractivity contribution in [1.29, 1.82) is 0 Å². The van der Waals surface area contributed by atoms with Gasteiger partial charge in [0.1, 0.15) is 5.52 Å². The Morgan fingerprint density at radius 1 is 0.906 bits per heavy atom. The van der Waals surface area contributed by atoms with Crippen molar-refractivity contribution in [3.05, 3.63) is 96.1 Å². The fraction of sp³-hybridized carbons (Fsp3) is 0.231. The molecule has 4 aromatic rings. The Morgan fingerprint density at radius 3 is 2.44 bits per heavy atom. The zero-order valence-electron chi connectivity index (χ0n) is 17.8. The van der Waals surface area contributed by atoms with E-state index in [2.05, 4.69) is 73.8 Å². The van der Waals surface area contributed by atoms with E-state index in [-0.39, 0.29) is 5.92 Å². The molecule has 0 radical (unpaired) electrons. The number of aromatic nitrogens is 3. The minimum atomic E-state index is 0.0394. The molecule has 1 unspecified atom stereocenters. The Hall–Kier alpha value is -3.80. The number of benzene rings is 2. The molecule has 1 aliphatic heterocycles. The molecule has 3 heterocycles. The largest absolute Gasteiger partial charge is 0.618 e. The van der Waals surface area contributed by atoms with Crippen LogP contribution in [0.2, 0.25) is 0 Å². The summed E-state index contributed by atoms with van der Waals surface area (Å²) in [6.07, 6.45) is 12.8. The second-order valence-electron chi connectivity index (χ2n) is 8.44. The summed E-state index contributed by atoms with van der Waals surface area (Å²) >= 11 is 0. The summed E-state index contributed by atoms with van der Waals surface area (Å²) < 4.78 is 3.15. The number of hydrogen-bond donors (Lipinski definition) is 0. The number of para-hydroxylation sites is 1. The highest BCUT2D eigenvalue weighted by molar-refractivity contribution is 5.80. The van der Waals surface area contributed by atoms with Gasteiger partial charge in [0.15, 0.2) is 0 Å². The van der Waals surface area contributed by atoms with E-state index in [0.717, 1.165) is 54.2 Å². The second kappa shape index (κ2) is 7.71. The van der Waals surface area contributed by atoms with Gasteiger partial charge < -0.3 is 15.0 Å². The van der Waals surface area contributed by atoms with Crippen LogP contribution >= 0.6 is 0 Å². The predicted octanol–water partition coefficient (Wildman–Crippen LogP) is 4.05. The Labute approximate surface area is 186 Å². The second-order valence-corrected chi connectivity index (χ2v) is 8.44. The summed E-state index contributed by atoms with van der Waals surface area (Å²) in [6, 6.07) is 16.8. The zero-order valence-corrected chi connectivity index (χ0v) is 17.8. The lowest BCUT2D eigenvalue weighted by Crippen LogP contribution is -2.46. The molecular formula is C26H25N5O. The predicted molar refractivity (Wildman–Crippen MR) is 128 cm³/mol. The van der Waals surface area contributed by atoms with Crippen LogP contribution in [0.25, 0.3) is 16.7 Å². The van der Waals surface area contributed by atoms with Gasteiger partial charge in [-0.3, -0.25) is 4.40 Å². The minimum Gasteiger partial charge on any atom is -0.618 e. The third kappa shape index (κ3) is 3.11. The van der Waals surface area contributed by atoms with Crippen LogP contribution in [0.15, 0.2) is 85.2 Å². The van der Waals surface area contributed by atoms with Gasteiger partial charge in [0.25, 0.3) is 0 Å². The van der Waals surface area contributed by atoms with Crippen molar-refractivity contribution in [3.63, 3.8) is 0 Å². The molecule has 1 fully saturated rings. The maximum atomic E-state index is 13.4. The minimum absolute atomic E-state index is 0.0394. The van der Waals surface area contributed by atoms with Crippen molar-refractivity contribution in [2.45, 2.75) is 12.3 Å². The third-order valence-corrected chi connectivity index (χ3v) is 6.62. The number of nitrogens with zero attached hydrogens (tertiary/aromatic N) is 5. The fourth-order valence-corrected chi connectivity index (χ4v) is 4.94. The van der Waals surface area contributed by atoms with E-state index >= 15 is 0 Å². The van der Waals surface area contributed by atoms with E-state index in [9.17, 15) is 5.21 Å². The maximum Gasteiger partial charge on any atom is 0.243 e. The average molecular weight is 424 g/mol. The Morgan fingerprint density at radius 2 is 1.69 bits per heavy atom. The normalized spacial score (nSPS) is 18.7. The van der Waals surface area contributed by atoms with Gasteiger partial charge in [-0.25, -0.2) is 4.98 Å². The Balaban J connectivity index is 1.35. The molecule has 32 heavy (non-hydrogen) atoms. The maximum absolute atomic E-state index is 13.4. The molecule has 1 saturated heterocycles. The number of hydrogen-bond acceptors (Lipinski definition) is 4. The standard InChI is InChI=1S/C26H25N5O/c32-31-23-12-11-22(29-17-15-28(16-18-29)21-9-5-2-6-10-21)19-24(23)30-14-13-27-26(30)25(31)20-7-3-1-4-8-20/h1-7,9-14,19-20H,8,15-18H2. The highest BCUT2D eigenvalue weighted by Crippen LogP contribution is 2.29. The molecule has 1 aliphatic carbocycles. The van der Waals surface area contributed by atoms with Gasteiger partial charge >= 0.3 is 0 Å². The van der Waals surface area contributed by atoms with E-state index in [1.807, 2.05) is 24.4 Å². The van der Waals surface area contributed by atoms with Gasteiger partial charge in [-0.1, -0.05) is 42.5 Å². The van der Waals surface area contributed by atoms with E-state index in [1.165, 1.54) is 5.69 Å². The molecule has 2 aromatic carbocycles. The van der Waals surface area contributed by atoms with Gasteiger partial charge in [-0.15, -0.1) is 0 Å². The number of rotatable bonds is 3. The topological polar surface area (TPSA) is 50.7 Å². The molecule has 6 heteroatoms. The summed E-state index contributed by atoms with van der Waals surface area (Å²) in [5.74, 6) is 0.0394. The summed E-state index contributed by atoms with van der Waals surface area (Å²) in [5.41, 5.74) is 5.45. The van der Waals surface area contributed by atoms with Crippen LogP contribution < -0.4 is 14.5 Å². The van der Waals surface area contributed by atoms with Crippen molar-refractivity contribution in [1.82, 2.24) is 9.38 Å². The lowest BCUT2D eigenvalue weighted by molar-refractivity contribution is -0.586. The zero-order chi connectivity index (χ0) is 21.5. The number of anilines is 2. The van der Waals surface area contributed by atoms with Crippen LogP contribution in [0.4, 0.5) is 11.4 Å².